The molecule has 0 aromatic heterocycles. The Labute approximate surface area is 927 Å². The molecule has 19 nitrogen and oxygen atoms in total. The topological polar surface area (TPSA) is 180 Å². The predicted molar refractivity (Wildman–Crippen MR) is 644 cm³/mol. The SMILES string of the molecule is CCCCCCCCCCCCCCOC(=O)CCN(CCC(=O)OCCCCCCCCCCCCCC)CCN(C)CCSSCCN(CCSSCCN(C)CCN(CCC(=O)OCCCCCCCCCCCCC)CCC(=O)OCCCCCCCCCCCCC)CCSSCCN(C)CCN(CCC(=O)OCCCCCCCCCCCCCC)CCC(=O)OCCCCCCCCCCCCCC. The maximum absolute atomic E-state index is 13.2. The number of hydrogen-bond acceptors (Lipinski definition) is 25. The van der Waals surface area contributed by atoms with E-state index in [1.165, 1.54) is 372 Å². The average molecular weight is 2180 g/mol. The predicted octanol–water partition coefficient (Wildman–Crippen LogP) is 33.2. The number of carbonyl (C=O) groups excluding carboxylic acids is 6. The summed E-state index contributed by atoms with van der Waals surface area (Å²) in [5.74, 6) is 5.22. The van der Waals surface area contributed by atoms with Gasteiger partial charge in [-0.05, 0) is 59.7 Å². The first-order chi connectivity index (χ1) is 71.7. The molecular formula is C121H239N7O12S6. The van der Waals surface area contributed by atoms with Crippen molar-refractivity contribution in [2.75, 3.05) is 213 Å². The molecule has 146 heavy (non-hydrogen) atoms. The lowest BCUT2D eigenvalue weighted by molar-refractivity contribution is -0.146. The number of rotatable bonds is 124. The second-order valence-corrected chi connectivity index (χ2v) is 50.8. The summed E-state index contributed by atoms with van der Waals surface area (Å²) in [5, 5.41) is 0. The van der Waals surface area contributed by atoms with Crippen LogP contribution < -0.4 is 0 Å². The molecule has 0 saturated carbocycles. The number of likely N-dealkylation sites (N-methyl/N-ethyl adjacent to an activating group) is 3. The Morgan fingerprint density at radius 2 is 0.260 bits per heavy atom. The van der Waals surface area contributed by atoms with Gasteiger partial charge in [-0.15, -0.1) is 0 Å². The van der Waals surface area contributed by atoms with E-state index in [-0.39, 0.29) is 35.8 Å². The van der Waals surface area contributed by atoms with E-state index >= 15 is 0 Å². The Morgan fingerprint density at radius 1 is 0.144 bits per heavy atom. The van der Waals surface area contributed by atoms with Gasteiger partial charge in [0.1, 0.15) is 0 Å². The largest absolute Gasteiger partial charge is 0.466 e. The van der Waals surface area contributed by atoms with Crippen molar-refractivity contribution in [1.29, 1.82) is 0 Å². The summed E-state index contributed by atoms with van der Waals surface area (Å²) < 4.78 is 34.6. The second-order valence-electron chi connectivity index (χ2n) is 42.7. The minimum Gasteiger partial charge on any atom is -0.466 e. The van der Waals surface area contributed by atoms with Crippen LogP contribution in [0, 0.1) is 0 Å². The average Bonchev–Trinajstić information content (AvgIpc) is 0.954. The minimum atomic E-state index is -0.150. The van der Waals surface area contributed by atoms with Crippen LogP contribution in [-0.2, 0) is 57.2 Å². The maximum atomic E-state index is 13.2. The zero-order valence-electron chi connectivity index (χ0n) is 97.4. The number of unbranched alkanes of at least 4 members (excludes halogenated alkanes) is 64. The molecule has 0 saturated heterocycles. The van der Waals surface area contributed by atoms with Crippen LogP contribution in [0.3, 0.4) is 0 Å². The Balaban J connectivity index is 6.08. The van der Waals surface area contributed by atoms with E-state index < -0.39 is 0 Å². The van der Waals surface area contributed by atoms with Crippen LogP contribution in [0.25, 0.3) is 0 Å². The summed E-state index contributed by atoms with van der Waals surface area (Å²) >= 11 is 0. The second kappa shape index (κ2) is 121. The van der Waals surface area contributed by atoms with Gasteiger partial charge in [-0.25, -0.2) is 0 Å². The maximum Gasteiger partial charge on any atom is 0.307 e. The molecule has 0 aliphatic carbocycles. The van der Waals surface area contributed by atoms with Crippen LogP contribution in [0.2, 0.25) is 0 Å². The molecule has 0 heterocycles. The van der Waals surface area contributed by atoms with Crippen LogP contribution >= 0.6 is 64.8 Å². The van der Waals surface area contributed by atoms with Gasteiger partial charge < -0.3 is 62.7 Å². The van der Waals surface area contributed by atoms with Crippen LogP contribution in [-0.4, -0.2) is 283 Å². The van der Waals surface area contributed by atoms with Gasteiger partial charge in [0.15, 0.2) is 0 Å². The van der Waals surface area contributed by atoms with E-state index in [1.807, 2.05) is 64.8 Å². The van der Waals surface area contributed by atoms with Gasteiger partial charge in [-0.1, -0.05) is 517 Å². The van der Waals surface area contributed by atoms with Crippen molar-refractivity contribution < 1.29 is 57.2 Å². The molecule has 0 atom stereocenters. The number of esters is 6. The normalized spacial score (nSPS) is 11.8. The molecule has 866 valence electrons. The van der Waals surface area contributed by atoms with Crippen LogP contribution in [0.5, 0.6) is 0 Å². The summed E-state index contributed by atoms with van der Waals surface area (Å²) in [6.07, 6.45) is 90.5. The summed E-state index contributed by atoms with van der Waals surface area (Å²) in [6.45, 7) is 30.6. The standard InChI is InChI=1S/C121H239N7O12S6/c1-10-16-22-28-34-40-46-52-58-64-70-76-106-137-118(131)82-88-126(89-83-119(132)138-107-77-71-65-59-53-47-41-35-29-23-17-11-2)96-93-123(8)99-111-142-145-114-102-128(101-113-144-141-110-98-122(7)92-95-125(86-80-116(129)135-104-74-68-62-56-50-44-38-32-26-20-14-5)87-81-117(130)136-105-75-69-63-57-51-45-39-33-27-21-15-6)103-115-146-143-112-100-124(9)94-97-127(90-84-120(133)139-108-78-72-66-60-54-48-42-36-30-24-18-12-3)91-85-121(134)140-109-79-73-67-61-55-49-43-37-31-25-19-13-4/h10-115H2,1-9H3. The van der Waals surface area contributed by atoms with E-state index in [0.717, 1.165) is 190 Å². The van der Waals surface area contributed by atoms with Gasteiger partial charge in [-0.3, -0.25) is 28.8 Å². The molecule has 0 rings (SSSR count). The smallest absolute Gasteiger partial charge is 0.307 e. The quantitative estimate of drug-likeness (QED) is 0.0242. The Kier molecular flexibility index (Phi) is 120. The number of ether oxygens (including phenoxy) is 6. The summed E-state index contributed by atoms with van der Waals surface area (Å²) in [5.41, 5.74) is 0. The number of nitrogens with zero attached hydrogens (tertiary/aromatic N) is 7. The van der Waals surface area contributed by atoms with Crippen molar-refractivity contribution in [3.8, 4) is 0 Å². The van der Waals surface area contributed by atoms with Crippen LogP contribution in [0.4, 0.5) is 0 Å². The summed E-state index contributed by atoms with van der Waals surface area (Å²) in [7, 11) is 18.4. The first-order valence-electron chi connectivity index (χ1n) is 62.3. The van der Waals surface area contributed by atoms with Crippen molar-refractivity contribution >= 4 is 101 Å². The van der Waals surface area contributed by atoms with Crippen LogP contribution in [0.1, 0.15) is 530 Å². The lowest BCUT2D eigenvalue weighted by Gasteiger charge is -2.25. The molecule has 0 aliphatic rings. The monoisotopic (exact) mass is 2170 g/mol. The van der Waals surface area contributed by atoms with E-state index in [1.54, 1.807) is 0 Å². The fraction of sp³-hybridized carbons (Fsp3) is 0.950. The Bertz CT molecular complexity index is 2450. The van der Waals surface area contributed by atoms with E-state index in [0.29, 0.717) is 117 Å². The van der Waals surface area contributed by atoms with Crippen LogP contribution in [0.15, 0.2) is 0 Å². The van der Waals surface area contributed by atoms with Gasteiger partial charge in [0.2, 0.25) is 0 Å². The Hall–Kier alpha value is -1.36. The van der Waals surface area contributed by atoms with Gasteiger partial charge in [0, 0.05) is 152 Å². The van der Waals surface area contributed by atoms with Crippen molar-refractivity contribution in [3.05, 3.63) is 0 Å². The van der Waals surface area contributed by atoms with Crippen molar-refractivity contribution in [2.45, 2.75) is 530 Å². The first-order valence-corrected chi connectivity index (χ1v) is 69.8. The van der Waals surface area contributed by atoms with Gasteiger partial charge in [0.25, 0.3) is 0 Å². The third kappa shape index (κ3) is 114. The first kappa shape index (κ1) is 145. The van der Waals surface area contributed by atoms with E-state index in [4.69, 9.17) is 28.4 Å². The molecule has 0 amide bonds. The number of hydrogen-bond donors (Lipinski definition) is 0. The zero-order chi connectivity index (χ0) is 106. The third-order valence-corrected chi connectivity index (χ3v) is 35.7. The highest BCUT2D eigenvalue weighted by molar-refractivity contribution is 8.77. The number of carbonyl (C=O) groups is 6. The molecule has 0 radical (unpaired) electrons. The van der Waals surface area contributed by atoms with Crippen molar-refractivity contribution in [2.24, 2.45) is 0 Å². The molecule has 0 aromatic rings. The molecule has 0 fully saturated rings. The molecule has 0 bridgehead atoms. The molecule has 0 N–H and O–H groups in total. The highest BCUT2D eigenvalue weighted by atomic mass is 33.1. The highest BCUT2D eigenvalue weighted by Crippen LogP contribution is 2.27. The molecular weight excluding hydrogens is 1940 g/mol. The molecule has 0 aliphatic heterocycles. The summed E-state index contributed by atoms with van der Waals surface area (Å²) in [6, 6.07) is 0. The van der Waals surface area contributed by atoms with Gasteiger partial charge in [-0.2, -0.15) is 0 Å². The molecule has 0 aromatic carbocycles. The van der Waals surface area contributed by atoms with Crippen molar-refractivity contribution in [1.82, 2.24) is 34.3 Å². The lowest BCUT2D eigenvalue weighted by Crippen LogP contribution is -2.37. The van der Waals surface area contributed by atoms with Crippen molar-refractivity contribution in [3.63, 3.8) is 0 Å². The van der Waals surface area contributed by atoms with E-state index in [9.17, 15) is 28.8 Å². The fourth-order valence-electron chi connectivity index (χ4n) is 18.4. The summed E-state index contributed by atoms with van der Waals surface area (Å²) in [4.78, 5) is 95.6. The Morgan fingerprint density at radius 3 is 0.397 bits per heavy atom. The lowest BCUT2D eigenvalue weighted by atomic mass is 10.1. The van der Waals surface area contributed by atoms with E-state index in [2.05, 4.69) is 97.0 Å². The molecule has 25 heteroatoms. The zero-order valence-corrected chi connectivity index (χ0v) is 102. The fourth-order valence-corrected chi connectivity index (χ4v) is 24.7. The molecule has 0 unspecified atom stereocenters. The minimum absolute atomic E-state index is 0.149. The third-order valence-electron chi connectivity index (χ3n) is 28.6. The van der Waals surface area contributed by atoms with Gasteiger partial charge >= 0.3 is 35.8 Å². The highest BCUT2D eigenvalue weighted by Gasteiger charge is 2.20. The molecule has 0 spiro atoms. The van der Waals surface area contributed by atoms with Gasteiger partial charge in [0.05, 0.1) is 78.2 Å².